The molecule has 1 unspecified atom stereocenters. The zero-order valence-corrected chi connectivity index (χ0v) is 7.88. The van der Waals surface area contributed by atoms with Gasteiger partial charge in [-0.2, -0.15) is 0 Å². The van der Waals surface area contributed by atoms with E-state index < -0.39 is 0 Å². The van der Waals surface area contributed by atoms with E-state index in [4.69, 9.17) is 10.5 Å². The van der Waals surface area contributed by atoms with Crippen LogP contribution in [-0.4, -0.2) is 32.8 Å². The van der Waals surface area contributed by atoms with E-state index in [9.17, 15) is 0 Å². The third-order valence-electron chi connectivity index (χ3n) is 2.21. The van der Waals surface area contributed by atoms with Gasteiger partial charge in [-0.3, -0.25) is 0 Å². The van der Waals surface area contributed by atoms with E-state index >= 15 is 0 Å². The van der Waals surface area contributed by atoms with Crippen molar-refractivity contribution in [3.8, 4) is 0 Å². The van der Waals surface area contributed by atoms with Gasteiger partial charge >= 0.3 is 0 Å². The number of hydrogen-bond acceptors (Lipinski definition) is 3. The summed E-state index contributed by atoms with van der Waals surface area (Å²) < 4.78 is 4.93. The third kappa shape index (κ3) is 4.70. The van der Waals surface area contributed by atoms with Crippen LogP contribution in [0.1, 0.15) is 19.3 Å². The molecule has 0 bridgehead atoms. The Bertz CT molecular complexity index is 115. The zero-order chi connectivity index (χ0) is 8.81. The maximum Gasteiger partial charge on any atom is 0.0626 e. The molecular formula is C9H20N2O. The molecule has 1 rings (SSSR count). The number of ether oxygens (including phenoxy) is 1. The molecule has 0 heterocycles. The summed E-state index contributed by atoms with van der Waals surface area (Å²) in [6.45, 7) is 2.64. The molecule has 0 radical (unpaired) electrons. The van der Waals surface area contributed by atoms with E-state index in [0.29, 0.717) is 6.61 Å². The molecule has 72 valence electrons. The lowest BCUT2D eigenvalue weighted by Crippen LogP contribution is -2.37. The first-order valence-corrected chi connectivity index (χ1v) is 4.78. The first-order valence-electron chi connectivity index (χ1n) is 4.78. The highest BCUT2D eigenvalue weighted by atomic mass is 16.5. The fourth-order valence-electron chi connectivity index (χ4n) is 1.27. The van der Waals surface area contributed by atoms with Crippen LogP contribution in [0.3, 0.4) is 0 Å². The standard InChI is InChI=1S/C9H20N2O/c1-12-7-9(10)6-11-5-4-8-2-3-8/h8-9,11H,2-7,10H2,1H3. The maximum atomic E-state index is 5.73. The van der Waals surface area contributed by atoms with Crippen LogP contribution < -0.4 is 11.1 Å². The van der Waals surface area contributed by atoms with E-state index in [1.165, 1.54) is 19.3 Å². The van der Waals surface area contributed by atoms with Gasteiger partial charge in [-0.25, -0.2) is 0 Å². The Kier molecular flexibility index (Phi) is 4.58. The fraction of sp³-hybridized carbons (Fsp3) is 1.00. The topological polar surface area (TPSA) is 47.3 Å². The number of rotatable bonds is 7. The molecule has 0 spiro atoms. The molecule has 3 nitrogen and oxygen atoms in total. The predicted molar refractivity (Wildman–Crippen MR) is 50.1 cm³/mol. The SMILES string of the molecule is COCC(N)CNCCC1CC1. The molecule has 3 heteroatoms. The molecular weight excluding hydrogens is 152 g/mol. The van der Waals surface area contributed by atoms with Gasteiger partial charge in [0.15, 0.2) is 0 Å². The molecule has 0 aromatic rings. The van der Waals surface area contributed by atoms with Crippen molar-refractivity contribution >= 4 is 0 Å². The van der Waals surface area contributed by atoms with Crippen LogP contribution in [0.15, 0.2) is 0 Å². The van der Waals surface area contributed by atoms with Crippen LogP contribution in [-0.2, 0) is 4.74 Å². The summed E-state index contributed by atoms with van der Waals surface area (Å²) in [5.74, 6) is 1.01. The van der Waals surface area contributed by atoms with Crippen molar-refractivity contribution in [1.29, 1.82) is 0 Å². The van der Waals surface area contributed by atoms with Crippen LogP contribution in [0.4, 0.5) is 0 Å². The molecule has 0 aromatic carbocycles. The molecule has 1 atom stereocenters. The van der Waals surface area contributed by atoms with Crippen molar-refractivity contribution in [2.45, 2.75) is 25.3 Å². The molecule has 1 saturated carbocycles. The van der Waals surface area contributed by atoms with Crippen LogP contribution in [0.25, 0.3) is 0 Å². The van der Waals surface area contributed by atoms with Gasteiger partial charge in [0.1, 0.15) is 0 Å². The molecule has 0 aliphatic heterocycles. The van der Waals surface area contributed by atoms with Gasteiger partial charge in [-0.1, -0.05) is 12.8 Å². The van der Waals surface area contributed by atoms with Gasteiger partial charge in [0.2, 0.25) is 0 Å². The van der Waals surface area contributed by atoms with Crippen molar-refractivity contribution in [3.63, 3.8) is 0 Å². The smallest absolute Gasteiger partial charge is 0.0626 e. The normalized spacial score (nSPS) is 19.5. The Labute approximate surface area is 74.7 Å². The first-order chi connectivity index (χ1) is 5.83. The summed E-state index contributed by atoms with van der Waals surface area (Å²) >= 11 is 0. The zero-order valence-electron chi connectivity index (χ0n) is 7.88. The summed E-state index contributed by atoms with van der Waals surface area (Å²) in [7, 11) is 1.68. The van der Waals surface area contributed by atoms with E-state index in [1.807, 2.05) is 0 Å². The van der Waals surface area contributed by atoms with Gasteiger partial charge in [-0.15, -0.1) is 0 Å². The third-order valence-corrected chi connectivity index (χ3v) is 2.21. The Morgan fingerprint density at radius 1 is 1.58 bits per heavy atom. The highest BCUT2D eigenvalue weighted by molar-refractivity contribution is 4.74. The number of methoxy groups -OCH3 is 1. The summed E-state index contributed by atoms with van der Waals surface area (Å²) in [5.41, 5.74) is 5.73. The van der Waals surface area contributed by atoms with Gasteiger partial charge in [0.05, 0.1) is 6.61 Å². The van der Waals surface area contributed by atoms with Crippen LogP contribution in [0.2, 0.25) is 0 Å². The van der Waals surface area contributed by atoms with Crippen molar-refractivity contribution < 1.29 is 4.74 Å². The molecule has 12 heavy (non-hydrogen) atoms. The Balaban J connectivity index is 1.80. The molecule has 0 aromatic heterocycles. The Morgan fingerprint density at radius 3 is 2.92 bits per heavy atom. The van der Waals surface area contributed by atoms with Gasteiger partial charge in [-0.05, 0) is 18.9 Å². The minimum atomic E-state index is 0.147. The minimum Gasteiger partial charge on any atom is -0.383 e. The number of nitrogens with two attached hydrogens (primary N) is 1. The lowest BCUT2D eigenvalue weighted by molar-refractivity contribution is 0.179. The molecule has 1 fully saturated rings. The van der Waals surface area contributed by atoms with E-state index in [1.54, 1.807) is 7.11 Å². The first kappa shape index (κ1) is 9.96. The summed E-state index contributed by atoms with van der Waals surface area (Å²) in [4.78, 5) is 0. The largest absolute Gasteiger partial charge is 0.383 e. The molecule has 0 saturated heterocycles. The molecule has 3 N–H and O–H groups in total. The lowest BCUT2D eigenvalue weighted by atomic mass is 10.3. The van der Waals surface area contributed by atoms with Crippen molar-refractivity contribution in [3.05, 3.63) is 0 Å². The Morgan fingerprint density at radius 2 is 2.33 bits per heavy atom. The number of nitrogens with one attached hydrogen (secondary N) is 1. The fourth-order valence-corrected chi connectivity index (χ4v) is 1.27. The van der Waals surface area contributed by atoms with E-state index in [0.717, 1.165) is 19.0 Å². The van der Waals surface area contributed by atoms with Crippen LogP contribution in [0.5, 0.6) is 0 Å². The predicted octanol–water partition coefficient (Wildman–Crippen LogP) is 0.350. The second kappa shape index (κ2) is 5.51. The average Bonchev–Trinajstić information content (AvgIpc) is 2.82. The minimum absolute atomic E-state index is 0.147. The molecule has 0 amide bonds. The summed E-state index contributed by atoms with van der Waals surface area (Å²) in [6, 6.07) is 0.147. The monoisotopic (exact) mass is 172 g/mol. The average molecular weight is 172 g/mol. The maximum absolute atomic E-state index is 5.73. The highest BCUT2D eigenvalue weighted by Crippen LogP contribution is 2.31. The lowest BCUT2D eigenvalue weighted by Gasteiger charge is -2.10. The van der Waals surface area contributed by atoms with E-state index in [2.05, 4.69) is 5.32 Å². The van der Waals surface area contributed by atoms with Crippen molar-refractivity contribution in [2.75, 3.05) is 26.8 Å². The van der Waals surface area contributed by atoms with Crippen LogP contribution >= 0.6 is 0 Å². The molecule has 1 aliphatic carbocycles. The second-order valence-corrected chi connectivity index (χ2v) is 3.65. The molecule has 1 aliphatic rings. The van der Waals surface area contributed by atoms with Gasteiger partial charge in [0.25, 0.3) is 0 Å². The van der Waals surface area contributed by atoms with Crippen molar-refractivity contribution in [2.24, 2.45) is 11.7 Å². The summed E-state index contributed by atoms with van der Waals surface area (Å²) in [5, 5.41) is 3.34. The second-order valence-electron chi connectivity index (χ2n) is 3.65. The van der Waals surface area contributed by atoms with Gasteiger partial charge in [0, 0.05) is 19.7 Å². The quantitative estimate of drug-likeness (QED) is 0.545. The van der Waals surface area contributed by atoms with Crippen LogP contribution in [0, 0.1) is 5.92 Å². The highest BCUT2D eigenvalue weighted by Gasteiger charge is 2.19. The van der Waals surface area contributed by atoms with Crippen molar-refractivity contribution in [1.82, 2.24) is 5.32 Å². The number of hydrogen-bond donors (Lipinski definition) is 2. The Hall–Kier alpha value is -0.120. The van der Waals surface area contributed by atoms with Gasteiger partial charge < -0.3 is 15.8 Å². The van der Waals surface area contributed by atoms with E-state index in [-0.39, 0.29) is 6.04 Å². The summed E-state index contributed by atoms with van der Waals surface area (Å²) in [6.07, 6.45) is 4.19.